The molecule has 1 saturated heterocycles. The highest BCUT2D eigenvalue weighted by Gasteiger charge is 2.21. The van der Waals surface area contributed by atoms with E-state index in [1.807, 2.05) is 16.8 Å². The summed E-state index contributed by atoms with van der Waals surface area (Å²) in [7, 11) is 0. The molecule has 4 nitrogen and oxygen atoms in total. The summed E-state index contributed by atoms with van der Waals surface area (Å²) in [6.07, 6.45) is 7.62. The van der Waals surface area contributed by atoms with Gasteiger partial charge in [0.25, 0.3) is 0 Å². The molecular weight excluding hydrogens is 288 g/mol. The van der Waals surface area contributed by atoms with E-state index in [4.69, 9.17) is 4.74 Å². The van der Waals surface area contributed by atoms with Gasteiger partial charge in [0.15, 0.2) is 5.88 Å². The molecule has 0 atom stereocenters. The smallest absolute Gasteiger partial charge is 0.199 e. The van der Waals surface area contributed by atoms with E-state index < -0.39 is 0 Å². The average molecular weight is 308 g/mol. The molecule has 2 aromatic heterocycles. The van der Waals surface area contributed by atoms with Gasteiger partial charge in [0.2, 0.25) is 0 Å². The van der Waals surface area contributed by atoms with Crippen molar-refractivity contribution in [3.8, 4) is 17.0 Å². The van der Waals surface area contributed by atoms with Gasteiger partial charge in [-0.25, -0.2) is 0 Å². The summed E-state index contributed by atoms with van der Waals surface area (Å²) in [4.78, 5) is 4.20. The second-order valence-electron chi connectivity index (χ2n) is 6.20. The zero-order valence-electron chi connectivity index (χ0n) is 13.2. The minimum atomic E-state index is 0.317. The summed E-state index contributed by atoms with van der Waals surface area (Å²) in [6, 6.07) is 8.57. The lowest BCUT2D eigenvalue weighted by Gasteiger charge is -2.24. The third kappa shape index (κ3) is 2.49. The van der Waals surface area contributed by atoms with Crippen LogP contribution in [0.25, 0.3) is 21.9 Å². The van der Waals surface area contributed by atoms with E-state index in [0.29, 0.717) is 11.9 Å². The Kier molecular flexibility index (Phi) is 3.54. The van der Waals surface area contributed by atoms with Crippen LogP contribution in [0, 0.1) is 6.92 Å². The fraction of sp³-hybridized carbons (Fsp3) is 0.316. The lowest BCUT2D eigenvalue weighted by Crippen LogP contribution is -2.18. The molecule has 1 aliphatic heterocycles. The number of rotatable bonds is 2. The van der Waals surface area contributed by atoms with Crippen LogP contribution in [0.2, 0.25) is 0 Å². The van der Waals surface area contributed by atoms with E-state index in [0.717, 1.165) is 53.5 Å². The first-order valence-corrected chi connectivity index (χ1v) is 8.06. The highest BCUT2D eigenvalue weighted by Crippen LogP contribution is 2.37. The van der Waals surface area contributed by atoms with Crippen molar-refractivity contribution >= 4 is 10.8 Å². The Morgan fingerprint density at radius 2 is 2.04 bits per heavy atom. The predicted molar refractivity (Wildman–Crippen MR) is 90.7 cm³/mol. The number of nitrogens with zero attached hydrogens (tertiary/aromatic N) is 2. The van der Waals surface area contributed by atoms with Crippen molar-refractivity contribution in [2.45, 2.75) is 25.8 Å². The molecule has 0 aliphatic carbocycles. The maximum Gasteiger partial charge on any atom is 0.199 e. The second kappa shape index (κ2) is 5.70. The van der Waals surface area contributed by atoms with Gasteiger partial charge in [-0.15, -0.1) is 0 Å². The minimum Gasteiger partial charge on any atom is -0.494 e. The highest BCUT2D eigenvalue weighted by atomic mass is 16.5. The summed E-state index contributed by atoms with van der Waals surface area (Å²) in [5.74, 6) is 0.377. The molecule has 0 radical (unpaired) electrons. The number of benzene rings is 1. The summed E-state index contributed by atoms with van der Waals surface area (Å²) in [5, 5.41) is 12.7. The molecule has 0 spiro atoms. The van der Waals surface area contributed by atoms with Crippen LogP contribution in [0.5, 0.6) is 5.88 Å². The van der Waals surface area contributed by atoms with Gasteiger partial charge in [-0.3, -0.25) is 4.98 Å². The number of pyridine rings is 1. The van der Waals surface area contributed by atoms with Crippen molar-refractivity contribution in [2.24, 2.45) is 0 Å². The quantitative estimate of drug-likeness (QED) is 0.776. The van der Waals surface area contributed by atoms with Crippen molar-refractivity contribution in [2.75, 3.05) is 13.2 Å². The molecule has 23 heavy (non-hydrogen) atoms. The highest BCUT2D eigenvalue weighted by molar-refractivity contribution is 5.94. The van der Waals surface area contributed by atoms with Gasteiger partial charge < -0.3 is 14.4 Å². The van der Waals surface area contributed by atoms with E-state index in [2.05, 4.69) is 36.3 Å². The number of fused-ring (bicyclic) bond motifs is 1. The van der Waals surface area contributed by atoms with Crippen molar-refractivity contribution in [3.05, 3.63) is 48.4 Å². The summed E-state index contributed by atoms with van der Waals surface area (Å²) < 4.78 is 7.45. The van der Waals surface area contributed by atoms with E-state index in [1.165, 1.54) is 0 Å². The largest absolute Gasteiger partial charge is 0.494 e. The average Bonchev–Trinajstić information content (AvgIpc) is 2.94. The van der Waals surface area contributed by atoms with Crippen LogP contribution in [0.1, 0.15) is 24.4 Å². The lowest BCUT2D eigenvalue weighted by molar-refractivity contribution is 0.0678. The first kappa shape index (κ1) is 14.3. The normalized spacial score (nSPS) is 16.0. The van der Waals surface area contributed by atoms with Gasteiger partial charge in [0, 0.05) is 54.2 Å². The number of hydrogen-bond acceptors (Lipinski definition) is 3. The van der Waals surface area contributed by atoms with Gasteiger partial charge in [0.05, 0.1) is 0 Å². The SMILES string of the molecule is Cc1cc(-c2cccnc2)cc2cn(C3CCOCC3)c(O)c12. The molecular formula is C19H20N2O2. The van der Waals surface area contributed by atoms with Crippen molar-refractivity contribution < 1.29 is 9.84 Å². The molecule has 4 rings (SSSR count). The fourth-order valence-corrected chi connectivity index (χ4v) is 3.50. The van der Waals surface area contributed by atoms with E-state index in [9.17, 15) is 5.11 Å². The molecule has 3 heterocycles. The molecule has 0 saturated carbocycles. The van der Waals surface area contributed by atoms with Crippen molar-refractivity contribution in [1.29, 1.82) is 0 Å². The molecule has 0 amide bonds. The third-order valence-electron chi connectivity index (χ3n) is 4.69. The predicted octanol–water partition coefficient (Wildman–Crippen LogP) is 4.07. The number of aromatic nitrogens is 2. The Hall–Kier alpha value is -2.33. The third-order valence-corrected chi connectivity index (χ3v) is 4.69. The number of ether oxygens (including phenoxy) is 1. The van der Waals surface area contributed by atoms with Crippen LogP contribution in [-0.2, 0) is 4.74 Å². The molecule has 118 valence electrons. The molecule has 0 unspecified atom stereocenters. The van der Waals surface area contributed by atoms with E-state index >= 15 is 0 Å². The van der Waals surface area contributed by atoms with E-state index in [1.54, 1.807) is 6.20 Å². The lowest BCUT2D eigenvalue weighted by atomic mass is 10.0. The van der Waals surface area contributed by atoms with Crippen LogP contribution in [0.3, 0.4) is 0 Å². The monoisotopic (exact) mass is 308 g/mol. The maximum absolute atomic E-state index is 10.7. The zero-order chi connectivity index (χ0) is 15.8. The molecule has 0 bridgehead atoms. The van der Waals surface area contributed by atoms with Crippen LogP contribution < -0.4 is 0 Å². The van der Waals surface area contributed by atoms with Crippen LogP contribution in [-0.4, -0.2) is 27.9 Å². The molecule has 1 aromatic carbocycles. The van der Waals surface area contributed by atoms with Crippen LogP contribution in [0.15, 0.2) is 42.9 Å². The Balaban J connectivity index is 1.83. The first-order chi connectivity index (χ1) is 11.2. The van der Waals surface area contributed by atoms with Gasteiger partial charge >= 0.3 is 0 Å². The van der Waals surface area contributed by atoms with Gasteiger partial charge in [0.1, 0.15) is 0 Å². The van der Waals surface area contributed by atoms with Gasteiger partial charge in [-0.05, 0) is 43.0 Å². The number of aryl methyl sites for hydroxylation is 1. The molecule has 1 aliphatic rings. The summed E-state index contributed by atoms with van der Waals surface area (Å²) >= 11 is 0. The minimum absolute atomic E-state index is 0.317. The first-order valence-electron chi connectivity index (χ1n) is 8.06. The molecule has 4 heteroatoms. The number of aromatic hydroxyl groups is 1. The van der Waals surface area contributed by atoms with E-state index in [-0.39, 0.29) is 0 Å². The fourth-order valence-electron chi connectivity index (χ4n) is 3.50. The van der Waals surface area contributed by atoms with Crippen LogP contribution >= 0.6 is 0 Å². The Morgan fingerprint density at radius 3 is 2.78 bits per heavy atom. The topological polar surface area (TPSA) is 47.3 Å². The van der Waals surface area contributed by atoms with Crippen molar-refractivity contribution in [3.63, 3.8) is 0 Å². The molecule has 1 fully saturated rings. The van der Waals surface area contributed by atoms with Gasteiger partial charge in [-0.1, -0.05) is 12.1 Å². The Morgan fingerprint density at radius 1 is 1.22 bits per heavy atom. The van der Waals surface area contributed by atoms with Gasteiger partial charge in [-0.2, -0.15) is 0 Å². The maximum atomic E-state index is 10.7. The zero-order valence-corrected chi connectivity index (χ0v) is 13.2. The second-order valence-corrected chi connectivity index (χ2v) is 6.20. The molecule has 3 aromatic rings. The number of hydrogen-bond donors (Lipinski definition) is 1. The standard InChI is InChI=1S/C19H20N2O2/c1-13-9-15(14-3-2-6-20-11-14)10-16-12-21(19(22)18(13)16)17-4-7-23-8-5-17/h2-3,6,9-12,17,22H,4-5,7-8H2,1H3. The Bertz CT molecular complexity index is 833. The Labute approximate surface area is 135 Å². The van der Waals surface area contributed by atoms with Crippen molar-refractivity contribution in [1.82, 2.24) is 9.55 Å². The summed E-state index contributed by atoms with van der Waals surface area (Å²) in [6.45, 7) is 3.58. The summed E-state index contributed by atoms with van der Waals surface area (Å²) in [5.41, 5.74) is 3.31. The van der Waals surface area contributed by atoms with Crippen LogP contribution in [0.4, 0.5) is 0 Å². The molecule has 1 N–H and O–H groups in total.